The maximum Gasteiger partial charge on any atom is 0.267 e. The second-order valence-corrected chi connectivity index (χ2v) is 8.72. The van der Waals surface area contributed by atoms with Gasteiger partial charge < -0.3 is 20.7 Å². The van der Waals surface area contributed by atoms with Crippen molar-refractivity contribution in [1.82, 2.24) is 14.7 Å². The Hall–Kier alpha value is -3.71. The van der Waals surface area contributed by atoms with E-state index in [1.807, 2.05) is 24.0 Å². The van der Waals surface area contributed by atoms with Crippen LogP contribution in [0.15, 0.2) is 28.7 Å². The number of nitriles is 1. The number of carbonyl (C=O) groups excluding carboxylic acids is 2. The lowest BCUT2D eigenvalue weighted by molar-refractivity contribution is -0.122. The molecule has 10 nitrogen and oxygen atoms in total. The van der Waals surface area contributed by atoms with Gasteiger partial charge in [-0.3, -0.25) is 18.8 Å². The molecule has 1 unspecified atom stereocenters. The van der Waals surface area contributed by atoms with Gasteiger partial charge in [0, 0.05) is 38.4 Å². The molecule has 0 radical (unpaired) electrons. The molecule has 2 aliphatic heterocycles. The summed E-state index contributed by atoms with van der Waals surface area (Å²) in [4.78, 5) is 44.4. The number of nitrogens with one attached hydrogen (secondary N) is 1. The van der Waals surface area contributed by atoms with Crippen molar-refractivity contribution < 1.29 is 14.3 Å². The van der Waals surface area contributed by atoms with Gasteiger partial charge in [0.15, 0.2) is 0 Å². The van der Waals surface area contributed by atoms with Crippen LogP contribution in [-0.4, -0.2) is 53.5 Å². The monoisotopic (exact) mass is 464 g/mol. The number of amides is 2. The Morgan fingerprint density at radius 1 is 1.35 bits per heavy atom. The minimum atomic E-state index is -0.565. The molecule has 2 saturated heterocycles. The smallest absolute Gasteiger partial charge is 0.267 e. The number of aromatic nitrogens is 2. The summed E-state index contributed by atoms with van der Waals surface area (Å²) >= 11 is 0. The Bertz CT molecular complexity index is 1230. The molecule has 1 atom stereocenters. The van der Waals surface area contributed by atoms with Crippen LogP contribution >= 0.6 is 0 Å². The average molecular weight is 465 g/mol. The van der Waals surface area contributed by atoms with Crippen LogP contribution in [0.5, 0.6) is 0 Å². The van der Waals surface area contributed by atoms with Crippen molar-refractivity contribution >= 4 is 29.4 Å². The van der Waals surface area contributed by atoms with Crippen LogP contribution in [-0.2, 0) is 14.3 Å². The van der Waals surface area contributed by atoms with Crippen LogP contribution in [0.4, 0.5) is 5.82 Å². The predicted octanol–water partition coefficient (Wildman–Crippen LogP) is 0.907. The number of hydrogen-bond donors (Lipinski definition) is 2. The first-order valence-corrected chi connectivity index (χ1v) is 11.5. The van der Waals surface area contributed by atoms with Gasteiger partial charge in [0.1, 0.15) is 23.1 Å². The van der Waals surface area contributed by atoms with E-state index >= 15 is 0 Å². The number of aryl methyl sites for hydroxylation is 1. The Labute approximate surface area is 197 Å². The fourth-order valence-electron chi connectivity index (χ4n) is 4.44. The van der Waals surface area contributed by atoms with E-state index in [-0.39, 0.29) is 34.6 Å². The van der Waals surface area contributed by atoms with Crippen molar-refractivity contribution in [3.05, 3.63) is 45.4 Å². The number of rotatable bonds is 6. The van der Waals surface area contributed by atoms with E-state index in [4.69, 9.17) is 15.5 Å². The summed E-state index contributed by atoms with van der Waals surface area (Å²) in [6.07, 6.45) is 5.73. The van der Waals surface area contributed by atoms with Gasteiger partial charge in [-0.05, 0) is 50.3 Å². The summed E-state index contributed by atoms with van der Waals surface area (Å²) in [7, 11) is 0. The highest BCUT2D eigenvalue weighted by Crippen LogP contribution is 2.26. The molecular formula is C24H28N6O4. The normalized spacial score (nSPS) is 19.2. The molecule has 2 aromatic heterocycles. The largest absolute Gasteiger partial charge is 0.376 e. The molecule has 2 fully saturated rings. The van der Waals surface area contributed by atoms with Crippen molar-refractivity contribution in [2.75, 3.05) is 31.1 Å². The summed E-state index contributed by atoms with van der Waals surface area (Å²) < 4.78 is 6.93. The maximum absolute atomic E-state index is 13.5. The van der Waals surface area contributed by atoms with Gasteiger partial charge in [0.2, 0.25) is 5.91 Å². The van der Waals surface area contributed by atoms with Gasteiger partial charge in [-0.2, -0.15) is 5.26 Å². The highest BCUT2D eigenvalue weighted by molar-refractivity contribution is 6.02. The highest BCUT2D eigenvalue weighted by Gasteiger charge is 2.27. The van der Waals surface area contributed by atoms with E-state index in [2.05, 4.69) is 5.32 Å². The zero-order valence-electron chi connectivity index (χ0n) is 19.1. The first kappa shape index (κ1) is 23.4. The van der Waals surface area contributed by atoms with E-state index < -0.39 is 5.91 Å². The molecule has 178 valence electrons. The second-order valence-electron chi connectivity index (χ2n) is 8.72. The van der Waals surface area contributed by atoms with E-state index in [0.717, 1.165) is 18.4 Å². The van der Waals surface area contributed by atoms with E-state index in [1.165, 1.54) is 10.5 Å². The molecule has 0 saturated carbocycles. The van der Waals surface area contributed by atoms with Crippen LogP contribution in [0.25, 0.3) is 11.7 Å². The predicted molar refractivity (Wildman–Crippen MR) is 126 cm³/mol. The van der Waals surface area contributed by atoms with Gasteiger partial charge in [-0.1, -0.05) is 6.07 Å². The molecule has 3 N–H and O–H groups in total. The molecular weight excluding hydrogens is 436 g/mol. The molecule has 0 bridgehead atoms. The quantitative estimate of drug-likeness (QED) is 0.478. The second kappa shape index (κ2) is 10.1. The molecule has 34 heavy (non-hydrogen) atoms. The minimum Gasteiger partial charge on any atom is -0.376 e. The molecule has 0 aromatic carbocycles. The molecule has 0 spiro atoms. The number of pyridine rings is 1. The number of fused-ring (bicyclic) bond motifs is 1. The molecule has 4 rings (SSSR count). The topological polar surface area (TPSA) is 143 Å². The number of nitrogens with two attached hydrogens (primary N) is 1. The van der Waals surface area contributed by atoms with E-state index in [9.17, 15) is 19.6 Å². The lowest BCUT2D eigenvalue weighted by Crippen LogP contribution is -2.40. The van der Waals surface area contributed by atoms with Crippen molar-refractivity contribution in [2.24, 2.45) is 11.7 Å². The molecule has 2 amide bonds. The number of primary amides is 1. The van der Waals surface area contributed by atoms with Gasteiger partial charge in [0.05, 0.1) is 11.7 Å². The third kappa shape index (κ3) is 4.79. The van der Waals surface area contributed by atoms with Gasteiger partial charge in [-0.15, -0.1) is 0 Å². The van der Waals surface area contributed by atoms with E-state index in [1.54, 1.807) is 12.3 Å². The third-order valence-corrected chi connectivity index (χ3v) is 6.43. The van der Waals surface area contributed by atoms with Gasteiger partial charge in [0.25, 0.3) is 11.5 Å². The Kier molecular flexibility index (Phi) is 6.93. The van der Waals surface area contributed by atoms with Crippen LogP contribution in [0.2, 0.25) is 0 Å². The van der Waals surface area contributed by atoms with Crippen LogP contribution < -0.4 is 21.5 Å². The summed E-state index contributed by atoms with van der Waals surface area (Å²) in [6.45, 7) is 3.79. The van der Waals surface area contributed by atoms with Gasteiger partial charge in [-0.25, -0.2) is 4.98 Å². The number of carbonyl (C=O) groups is 2. The fourth-order valence-corrected chi connectivity index (χ4v) is 4.44. The van der Waals surface area contributed by atoms with Crippen molar-refractivity contribution in [3.63, 3.8) is 0 Å². The maximum atomic E-state index is 13.5. The summed E-state index contributed by atoms with van der Waals surface area (Å²) in [5, 5.41) is 12.4. The van der Waals surface area contributed by atoms with Crippen LogP contribution in [0.3, 0.4) is 0 Å². The van der Waals surface area contributed by atoms with Crippen molar-refractivity contribution in [1.29, 1.82) is 5.26 Å². The van der Waals surface area contributed by atoms with Crippen LogP contribution in [0.1, 0.15) is 36.8 Å². The number of nitrogens with zero attached hydrogens (tertiary/aromatic N) is 4. The number of hydrogen-bond acceptors (Lipinski definition) is 7. The van der Waals surface area contributed by atoms with Crippen molar-refractivity contribution in [2.45, 2.75) is 38.7 Å². The third-order valence-electron chi connectivity index (χ3n) is 6.43. The number of piperidine rings is 1. The zero-order valence-corrected chi connectivity index (χ0v) is 19.1. The Balaban J connectivity index is 1.72. The molecule has 10 heteroatoms. The van der Waals surface area contributed by atoms with E-state index in [0.29, 0.717) is 50.5 Å². The van der Waals surface area contributed by atoms with Crippen molar-refractivity contribution in [3.8, 4) is 6.07 Å². The number of anilines is 1. The standard InChI is InChI=1S/C24H28N6O4/c1-15-4-2-8-30-21(15)28-22(29-9-6-16(7-10-29)20(26)31)19(24(30)33)12-17(13-25)23(32)27-14-18-5-3-11-34-18/h2,4,8,12,16,18H,3,5-7,9-11,14H2,1H3,(H2,26,31)(H,27,32)/b17-12+. The average Bonchev–Trinajstić information content (AvgIpc) is 3.36. The number of ether oxygens (including phenoxy) is 1. The molecule has 2 aliphatic rings. The molecule has 2 aromatic rings. The Morgan fingerprint density at radius 2 is 2.12 bits per heavy atom. The lowest BCUT2D eigenvalue weighted by atomic mass is 9.96. The molecule has 0 aliphatic carbocycles. The minimum absolute atomic E-state index is 0.0676. The first-order valence-electron chi connectivity index (χ1n) is 11.5. The molecule has 4 heterocycles. The first-order chi connectivity index (χ1) is 16.4. The summed E-state index contributed by atoms with van der Waals surface area (Å²) in [6, 6.07) is 5.52. The van der Waals surface area contributed by atoms with Crippen LogP contribution in [0, 0.1) is 24.2 Å². The summed E-state index contributed by atoms with van der Waals surface area (Å²) in [5.41, 5.74) is 6.38. The SMILES string of the molecule is Cc1cccn2c(=O)c(/C=C(\C#N)C(=O)NCC3CCCO3)c(N3CCC(C(N)=O)CC3)nc12. The van der Waals surface area contributed by atoms with Gasteiger partial charge >= 0.3 is 0 Å². The summed E-state index contributed by atoms with van der Waals surface area (Å²) in [5.74, 6) is -0.736. The fraction of sp³-hybridized carbons (Fsp3) is 0.458. The Morgan fingerprint density at radius 3 is 2.76 bits per heavy atom. The zero-order chi connectivity index (χ0) is 24.2. The highest BCUT2D eigenvalue weighted by atomic mass is 16.5. The lowest BCUT2D eigenvalue weighted by Gasteiger charge is -2.32.